The Kier molecular flexibility index (Phi) is 4.81. The number of aryl methyl sites for hydroxylation is 1. The van der Waals surface area contributed by atoms with E-state index in [1.54, 1.807) is 0 Å². The highest BCUT2D eigenvalue weighted by Crippen LogP contribution is 2.29. The smallest absolute Gasteiger partial charge is 0.240 e. The molecule has 20 heavy (non-hydrogen) atoms. The highest BCUT2D eigenvalue weighted by Gasteiger charge is 2.35. The topological polar surface area (TPSA) is 46.3 Å². The van der Waals surface area contributed by atoms with Crippen LogP contribution >= 0.6 is 0 Å². The number of benzene rings is 1. The lowest BCUT2D eigenvalue weighted by atomic mass is 9.98. The molecule has 1 saturated carbocycles. The monoisotopic (exact) mass is 274 g/mol. The second-order valence-electron chi connectivity index (χ2n) is 6.10. The minimum absolute atomic E-state index is 0.114. The molecule has 1 aliphatic rings. The molecule has 1 amide bonds. The van der Waals surface area contributed by atoms with Gasteiger partial charge in [0.05, 0.1) is 6.04 Å². The molecule has 0 spiro atoms. The molecule has 1 aromatic carbocycles. The Balaban J connectivity index is 2.09. The van der Waals surface area contributed by atoms with Crippen molar-refractivity contribution in [3.05, 3.63) is 35.4 Å². The molecule has 2 rings (SSSR count). The molecule has 2 N–H and O–H groups in total. The van der Waals surface area contributed by atoms with E-state index in [9.17, 15) is 4.79 Å². The van der Waals surface area contributed by atoms with Crippen molar-refractivity contribution in [3.8, 4) is 0 Å². The third-order valence-corrected chi connectivity index (χ3v) is 4.25. The van der Waals surface area contributed by atoms with Gasteiger partial charge >= 0.3 is 0 Å². The van der Waals surface area contributed by atoms with Gasteiger partial charge in [-0.15, -0.1) is 0 Å². The fourth-order valence-electron chi connectivity index (χ4n) is 2.47. The Hall–Kier alpha value is -1.35. The van der Waals surface area contributed by atoms with Crippen LogP contribution in [-0.4, -0.2) is 22.9 Å². The van der Waals surface area contributed by atoms with Crippen LogP contribution in [0.4, 0.5) is 0 Å². The van der Waals surface area contributed by atoms with Crippen LogP contribution < -0.4 is 5.73 Å². The quantitative estimate of drug-likeness (QED) is 0.867. The van der Waals surface area contributed by atoms with Crippen molar-refractivity contribution in [2.75, 3.05) is 0 Å². The van der Waals surface area contributed by atoms with E-state index in [0.29, 0.717) is 12.6 Å². The highest BCUT2D eigenvalue weighted by atomic mass is 16.2. The average molecular weight is 274 g/mol. The largest absolute Gasteiger partial charge is 0.334 e. The van der Waals surface area contributed by atoms with Crippen LogP contribution in [0, 0.1) is 12.8 Å². The van der Waals surface area contributed by atoms with E-state index in [2.05, 4.69) is 45.0 Å². The summed E-state index contributed by atoms with van der Waals surface area (Å²) in [6, 6.07) is 8.40. The Morgan fingerprint density at radius 2 is 2.15 bits per heavy atom. The molecule has 0 aliphatic heterocycles. The molecule has 2 atom stereocenters. The molecule has 3 nitrogen and oxygen atoms in total. The van der Waals surface area contributed by atoms with Crippen molar-refractivity contribution in [3.63, 3.8) is 0 Å². The summed E-state index contributed by atoms with van der Waals surface area (Å²) < 4.78 is 0. The van der Waals surface area contributed by atoms with E-state index in [1.807, 2.05) is 4.90 Å². The zero-order chi connectivity index (χ0) is 14.7. The van der Waals surface area contributed by atoms with Gasteiger partial charge in [-0.2, -0.15) is 0 Å². The number of rotatable bonds is 6. The van der Waals surface area contributed by atoms with Gasteiger partial charge < -0.3 is 10.6 Å². The number of hydrogen-bond acceptors (Lipinski definition) is 2. The van der Waals surface area contributed by atoms with Crippen molar-refractivity contribution < 1.29 is 4.79 Å². The summed E-state index contributed by atoms with van der Waals surface area (Å²) in [5, 5.41) is 0. The van der Waals surface area contributed by atoms with Gasteiger partial charge in [-0.3, -0.25) is 4.79 Å². The van der Waals surface area contributed by atoms with Crippen LogP contribution in [0.2, 0.25) is 0 Å². The molecular formula is C17H26N2O. The SMILES string of the molecule is CCC(C)[C@H](N)C(=O)N(Cc1cccc(C)c1)C1CC1. The fraction of sp³-hybridized carbons (Fsp3) is 0.588. The minimum Gasteiger partial charge on any atom is -0.334 e. The van der Waals surface area contributed by atoms with Crippen molar-refractivity contribution in [1.82, 2.24) is 4.90 Å². The van der Waals surface area contributed by atoms with Crippen LogP contribution in [0.15, 0.2) is 24.3 Å². The fourth-order valence-corrected chi connectivity index (χ4v) is 2.47. The van der Waals surface area contributed by atoms with E-state index >= 15 is 0 Å². The maximum absolute atomic E-state index is 12.6. The summed E-state index contributed by atoms with van der Waals surface area (Å²) in [4.78, 5) is 14.6. The third kappa shape index (κ3) is 3.60. The summed E-state index contributed by atoms with van der Waals surface area (Å²) in [7, 11) is 0. The summed E-state index contributed by atoms with van der Waals surface area (Å²) in [6.45, 7) is 6.91. The third-order valence-electron chi connectivity index (χ3n) is 4.25. The van der Waals surface area contributed by atoms with Gasteiger partial charge in [-0.05, 0) is 31.2 Å². The Bertz CT molecular complexity index is 468. The first-order valence-corrected chi connectivity index (χ1v) is 7.64. The minimum atomic E-state index is -0.370. The first-order valence-electron chi connectivity index (χ1n) is 7.64. The molecule has 1 aromatic rings. The van der Waals surface area contributed by atoms with Gasteiger partial charge in [-0.25, -0.2) is 0 Å². The lowest BCUT2D eigenvalue weighted by Crippen LogP contribution is -2.47. The normalized spacial score (nSPS) is 17.6. The molecule has 0 aromatic heterocycles. The number of carbonyl (C=O) groups is 1. The van der Waals surface area contributed by atoms with Gasteiger partial charge in [0.15, 0.2) is 0 Å². The average Bonchev–Trinajstić information content (AvgIpc) is 3.27. The lowest BCUT2D eigenvalue weighted by molar-refractivity contribution is -0.135. The Morgan fingerprint density at radius 3 is 2.70 bits per heavy atom. The first kappa shape index (κ1) is 15.0. The van der Waals surface area contributed by atoms with E-state index in [4.69, 9.17) is 5.73 Å². The summed E-state index contributed by atoms with van der Waals surface area (Å²) in [6.07, 6.45) is 3.17. The van der Waals surface area contributed by atoms with Crippen molar-refractivity contribution >= 4 is 5.91 Å². The Morgan fingerprint density at radius 1 is 1.45 bits per heavy atom. The van der Waals surface area contributed by atoms with E-state index in [0.717, 1.165) is 19.3 Å². The highest BCUT2D eigenvalue weighted by molar-refractivity contribution is 5.82. The van der Waals surface area contributed by atoms with Crippen LogP contribution in [-0.2, 0) is 11.3 Å². The van der Waals surface area contributed by atoms with Crippen LogP contribution in [0.5, 0.6) is 0 Å². The molecule has 1 fully saturated rings. The van der Waals surface area contributed by atoms with E-state index in [1.165, 1.54) is 11.1 Å². The molecule has 0 saturated heterocycles. The summed E-state index contributed by atoms with van der Waals surface area (Å²) in [5.74, 6) is 0.351. The predicted molar refractivity (Wildman–Crippen MR) is 82.2 cm³/mol. The zero-order valence-electron chi connectivity index (χ0n) is 12.8. The Labute approximate surface area is 122 Å². The van der Waals surface area contributed by atoms with Gasteiger partial charge in [-0.1, -0.05) is 50.1 Å². The van der Waals surface area contributed by atoms with Gasteiger partial charge in [0.2, 0.25) is 5.91 Å². The maximum Gasteiger partial charge on any atom is 0.240 e. The molecule has 1 aliphatic carbocycles. The van der Waals surface area contributed by atoms with E-state index in [-0.39, 0.29) is 17.9 Å². The molecule has 1 unspecified atom stereocenters. The van der Waals surface area contributed by atoms with Crippen molar-refractivity contribution in [2.45, 2.75) is 58.7 Å². The molecule has 3 heteroatoms. The molecule has 0 heterocycles. The number of nitrogens with zero attached hydrogens (tertiary/aromatic N) is 1. The van der Waals surface area contributed by atoms with Crippen LogP contribution in [0.1, 0.15) is 44.2 Å². The molecule has 0 radical (unpaired) electrons. The van der Waals surface area contributed by atoms with Gasteiger partial charge in [0, 0.05) is 12.6 Å². The molecule has 0 bridgehead atoms. The molecular weight excluding hydrogens is 248 g/mol. The van der Waals surface area contributed by atoms with Crippen molar-refractivity contribution in [2.24, 2.45) is 11.7 Å². The second kappa shape index (κ2) is 6.40. The van der Waals surface area contributed by atoms with E-state index < -0.39 is 0 Å². The number of carbonyl (C=O) groups excluding carboxylic acids is 1. The number of nitrogens with two attached hydrogens (primary N) is 1. The standard InChI is InChI=1S/C17H26N2O/c1-4-13(3)16(18)17(20)19(15-8-9-15)11-14-7-5-6-12(2)10-14/h5-7,10,13,15-16H,4,8-9,11,18H2,1-3H3/t13?,16-/m0/s1. The predicted octanol–water partition coefficient (Wildman–Crippen LogP) is 2.86. The van der Waals surface area contributed by atoms with Crippen LogP contribution in [0.25, 0.3) is 0 Å². The first-order chi connectivity index (χ1) is 9.52. The second-order valence-corrected chi connectivity index (χ2v) is 6.10. The lowest BCUT2D eigenvalue weighted by Gasteiger charge is -2.28. The summed E-state index contributed by atoms with van der Waals surface area (Å²) in [5.41, 5.74) is 8.56. The number of amides is 1. The summed E-state index contributed by atoms with van der Waals surface area (Å²) >= 11 is 0. The number of hydrogen-bond donors (Lipinski definition) is 1. The van der Waals surface area contributed by atoms with Crippen molar-refractivity contribution in [1.29, 1.82) is 0 Å². The van der Waals surface area contributed by atoms with Gasteiger partial charge in [0.1, 0.15) is 0 Å². The maximum atomic E-state index is 12.6. The van der Waals surface area contributed by atoms with Crippen LogP contribution in [0.3, 0.4) is 0 Å². The van der Waals surface area contributed by atoms with Gasteiger partial charge in [0.25, 0.3) is 0 Å². The molecule has 110 valence electrons. The zero-order valence-corrected chi connectivity index (χ0v) is 12.8.